The average Bonchev–Trinajstić information content (AvgIpc) is 2.59. The molecular weight excluding hydrogens is 326 g/mol. The van der Waals surface area contributed by atoms with Crippen LogP contribution in [0, 0.1) is 0 Å². The van der Waals surface area contributed by atoms with Gasteiger partial charge in [-0.15, -0.1) is 5.11 Å². The van der Waals surface area contributed by atoms with Gasteiger partial charge in [-0.05, 0) is 36.4 Å². The molecule has 3 rings (SSSR count). The van der Waals surface area contributed by atoms with Crippen molar-refractivity contribution in [1.29, 1.82) is 0 Å². The van der Waals surface area contributed by atoms with E-state index in [0.29, 0.717) is 16.4 Å². The first-order valence-corrected chi connectivity index (χ1v) is 7.55. The molecule has 0 heterocycles. The number of nitrogens with one attached hydrogen (secondary N) is 1. The van der Waals surface area contributed by atoms with Crippen molar-refractivity contribution < 1.29 is 10.2 Å². The lowest BCUT2D eigenvalue weighted by Crippen LogP contribution is -1.90. The van der Waals surface area contributed by atoms with Gasteiger partial charge in [-0.25, -0.2) is 0 Å². The van der Waals surface area contributed by atoms with Crippen LogP contribution < -0.4 is 5.32 Å². The number of rotatable bonds is 4. The fraction of sp³-hybridized carbons (Fsp3) is 0. The zero-order chi connectivity index (χ0) is 16.9. The van der Waals surface area contributed by atoms with Crippen LogP contribution in [0.5, 0.6) is 11.5 Å². The standard InChI is InChI=1S/C18H14ClN3O2/c19-12-6-8-13(9-7-12)20-15-10-18(24)16(11-17(15)23)22-21-14-4-2-1-3-5-14/h1-11,20,23-24H. The number of phenols is 2. The number of benzene rings is 3. The fourth-order valence-electron chi connectivity index (χ4n) is 2.04. The van der Waals surface area contributed by atoms with Gasteiger partial charge in [0.15, 0.2) is 0 Å². The second-order valence-corrected chi connectivity index (χ2v) is 5.46. The predicted molar refractivity (Wildman–Crippen MR) is 95.1 cm³/mol. The molecule has 0 aliphatic heterocycles. The van der Waals surface area contributed by atoms with Crippen LogP contribution in [0.4, 0.5) is 22.7 Å². The van der Waals surface area contributed by atoms with Crippen molar-refractivity contribution in [2.24, 2.45) is 10.2 Å². The SMILES string of the molecule is Oc1cc(Nc2ccc(Cl)cc2)c(O)cc1N=Nc1ccccc1. The fourth-order valence-corrected chi connectivity index (χ4v) is 2.17. The number of nitrogens with zero attached hydrogens (tertiary/aromatic N) is 2. The van der Waals surface area contributed by atoms with Gasteiger partial charge in [-0.3, -0.25) is 0 Å². The topological polar surface area (TPSA) is 77.2 Å². The monoisotopic (exact) mass is 339 g/mol. The number of halogens is 1. The molecule has 3 aromatic rings. The van der Waals surface area contributed by atoms with Crippen LogP contribution in [-0.4, -0.2) is 10.2 Å². The molecule has 3 aromatic carbocycles. The van der Waals surface area contributed by atoms with Crippen molar-refractivity contribution in [1.82, 2.24) is 0 Å². The summed E-state index contributed by atoms with van der Waals surface area (Å²) in [4.78, 5) is 0. The maximum atomic E-state index is 10.1. The van der Waals surface area contributed by atoms with Crippen LogP contribution in [0.15, 0.2) is 77.0 Å². The van der Waals surface area contributed by atoms with Gasteiger partial charge in [0.2, 0.25) is 0 Å². The smallest absolute Gasteiger partial charge is 0.145 e. The van der Waals surface area contributed by atoms with Gasteiger partial charge >= 0.3 is 0 Å². The van der Waals surface area contributed by atoms with E-state index in [9.17, 15) is 10.2 Å². The first-order valence-electron chi connectivity index (χ1n) is 7.17. The van der Waals surface area contributed by atoms with E-state index in [4.69, 9.17) is 11.6 Å². The zero-order valence-corrected chi connectivity index (χ0v) is 13.3. The van der Waals surface area contributed by atoms with Gasteiger partial charge in [-0.2, -0.15) is 5.11 Å². The van der Waals surface area contributed by atoms with Crippen molar-refractivity contribution in [3.63, 3.8) is 0 Å². The summed E-state index contributed by atoms with van der Waals surface area (Å²) in [6.45, 7) is 0. The van der Waals surface area contributed by atoms with Gasteiger partial charge in [0.1, 0.15) is 17.2 Å². The summed E-state index contributed by atoms with van der Waals surface area (Å²) in [7, 11) is 0. The Labute approximate surface area is 143 Å². The third-order valence-corrected chi connectivity index (χ3v) is 3.50. The molecule has 0 aromatic heterocycles. The molecular formula is C18H14ClN3O2. The average molecular weight is 340 g/mol. The predicted octanol–water partition coefficient (Wildman–Crippen LogP) is 5.91. The van der Waals surface area contributed by atoms with Gasteiger partial charge in [-0.1, -0.05) is 29.8 Å². The lowest BCUT2D eigenvalue weighted by atomic mass is 10.2. The second kappa shape index (κ2) is 7.02. The molecule has 0 atom stereocenters. The van der Waals surface area contributed by atoms with Crippen LogP contribution in [-0.2, 0) is 0 Å². The minimum absolute atomic E-state index is 0.0511. The van der Waals surface area contributed by atoms with Gasteiger partial charge in [0.25, 0.3) is 0 Å². The summed E-state index contributed by atoms with van der Waals surface area (Å²) in [5.74, 6) is -0.145. The number of hydrogen-bond acceptors (Lipinski definition) is 5. The largest absolute Gasteiger partial charge is 0.506 e. The highest BCUT2D eigenvalue weighted by Crippen LogP contribution is 2.38. The molecule has 24 heavy (non-hydrogen) atoms. The Hall–Kier alpha value is -3.05. The summed E-state index contributed by atoms with van der Waals surface area (Å²) in [6.07, 6.45) is 0. The quantitative estimate of drug-likeness (QED) is 0.314. The minimum atomic E-state index is -0.0936. The molecule has 0 saturated carbocycles. The Morgan fingerprint density at radius 2 is 1.50 bits per heavy atom. The third kappa shape index (κ3) is 3.83. The first-order chi connectivity index (χ1) is 11.6. The van der Waals surface area contributed by atoms with Gasteiger partial charge in [0, 0.05) is 22.8 Å². The Morgan fingerprint density at radius 3 is 2.21 bits per heavy atom. The highest BCUT2D eigenvalue weighted by atomic mass is 35.5. The molecule has 0 aliphatic carbocycles. The molecule has 0 amide bonds. The van der Waals surface area contributed by atoms with Crippen LogP contribution in [0.25, 0.3) is 0 Å². The van der Waals surface area contributed by atoms with E-state index in [1.165, 1.54) is 12.1 Å². The molecule has 0 spiro atoms. The molecule has 0 saturated heterocycles. The number of anilines is 2. The number of phenolic OH excluding ortho intramolecular Hbond substituents is 2. The highest BCUT2D eigenvalue weighted by Gasteiger charge is 2.09. The second-order valence-electron chi connectivity index (χ2n) is 5.03. The summed E-state index contributed by atoms with van der Waals surface area (Å²) < 4.78 is 0. The van der Waals surface area contributed by atoms with E-state index in [0.717, 1.165) is 5.69 Å². The maximum Gasteiger partial charge on any atom is 0.145 e. The van der Waals surface area contributed by atoms with E-state index in [1.54, 1.807) is 36.4 Å². The number of hydrogen-bond donors (Lipinski definition) is 3. The van der Waals surface area contributed by atoms with E-state index in [2.05, 4.69) is 15.5 Å². The van der Waals surface area contributed by atoms with Crippen LogP contribution in [0.3, 0.4) is 0 Å². The summed E-state index contributed by atoms with van der Waals surface area (Å²) in [6, 6.07) is 18.8. The van der Waals surface area contributed by atoms with Crippen molar-refractivity contribution in [2.45, 2.75) is 0 Å². The zero-order valence-electron chi connectivity index (χ0n) is 12.5. The van der Waals surface area contributed by atoms with E-state index in [1.807, 2.05) is 18.2 Å². The molecule has 0 unspecified atom stereocenters. The molecule has 0 radical (unpaired) electrons. The van der Waals surface area contributed by atoms with Crippen molar-refractivity contribution in [3.8, 4) is 11.5 Å². The third-order valence-electron chi connectivity index (χ3n) is 3.25. The number of azo groups is 1. The molecule has 6 heteroatoms. The van der Waals surface area contributed by atoms with E-state index in [-0.39, 0.29) is 17.2 Å². The molecule has 5 nitrogen and oxygen atoms in total. The van der Waals surface area contributed by atoms with Crippen LogP contribution in [0.2, 0.25) is 5.02 Å². The highest BCUT2D eigenvalue weighted by molar-refractivity contribution is 6.30. The van der Waals surface area contributed by atoms with Gasteiger partial charge < -0.3 is 15.5 Å². The minimum Gasteiger partial charge on any atom is -0.506 e. The summed E-state index contributed by atoms with van der Waals surface area (Å²) >= 11 is 5.84. The van der Waals surface area contributed by atoms with Crippen LogP contribution >= 0.6 is 11.6 Å². The van der Waals surface area contributed by atoms with E-state index < -0.39 is 0 Å². The molecule has 0 bridgehead atoms. The van der Waals surface area contributed by atoms with Crippen molar-refractivity contribution in [2.75, 3.05) is 5.32 Å². The van der Waals surface area contributed by atoms with Crippen molar-refractivity contribution >= 4 is 34.4 Å². The van der Waals surface area contributed by atoms with E-state index >= 15 is 0 Å². The van der Waals surface area contributed by atoms with Gasteiger partial charge in [0.05, 0.1) is 11.4 Å². The molecule has 0 fully saturated rings. The normalized spacial score (nSPS) is 10.9. The lowest BCUT2D eigenvalue weighted by molar-refractivity contribution is 0.463. The molecule has 3 N–H and O–H groups in total. The molecule has 0 aliphatic rings. The Kier molecular flexibility index (Phi) is 4.63. The number of aromatic hydroxyl groups is 2. The Morgan fingerprint density at radius 1 is 0.792 bits per heavy atom. The lowest BCUT2D eigenvalue weighted by Gasteiger charge is -2.10. The maximum absolute atomic E-state index is 10.1. The Bertz CT molecular complexity index is 865. The Balaban J connectivity index is 1.83. The van der Waals surface area contributed by atoms with Crippen LogP contribution in [0.1, 0.15) is 0 Å². The molecule has 120 valence electrons. The van der Waals surface area contributed by atoms with Crippen molar-refractivity contribution in [3.05, 3.63) is 71.8 Å². The first kappa shape index (κ1) is 15.8. The summed E-state index contributed by atoms with van der Waals surface area (Å²) in [5.41, 5.74) is 1.92. The summed E-state index contributed by atoms with van der Waals surface area (Å²) in [5, 5.41) is 31.8.